The molecule has 6 heteroatoms. The summed E-state index contributed by atoms with van der Waals surface area (Å²) in [4.78, 5) is 7.02. The van der Waals surface area contributed by atoms with Crippen molar-refractivity contribution in [3.05, 3.63) is 35.9 Å². The zero-order valence-electron chi connectivity index (χ0n) is 11.9. The molecule has 0 unspecified atom stereocenters. The zero-order chi connectivity index (χ0) is 14.4. The minimum Gasteiger partial charge on any atom is -0.496 e. The van der Waals surface area contributed by atoms with Gasteiger partial charge in [-0.1, -0.05) is 0 Å². The number of nitrogens with one attached hydrogen (secondary N) is 2. The van der Waals surface area contributed by atoms with Crippen LogP contribution in [0.15, 0.2) is 24.7 Å². The van der Waals surface area contributed by atoms with Gasteiger partial charge in [-0.05, 0) is 0 Å². The zero-order valence-corrected chi connectivity index (χ0v) is 11.9. The number of imidazole rings is 1. The van der Waals surface area contributed by atoms with E-state index in [1.165, 1.54) is 0 Å². The minimum atomic E-state index is 0.620. The molecule has 0 aliphatic carbocycles. The van der Waals surface area contributed by atoms with Crippen LogP contribution < -0.4 is 19.5 Å². The van der Waals surface area contributed by atoms with E-state index in [2.05, 4.69) is 15.3 Å². The van der Waals surface area contributed by atoms with Crippen molar-refractivity contribution in [1.29, 1.82) is 0 Å². The molecular formula is C14H19N3O3. The van der Waals surface area contributed by atoms with Gasteiger partial charge in [0.1, 0.15) is 17.2 Å². The monoisotopic (exact) mass is 277 g/mol. The Bertz CT molecular complexity index is 516. The summed E-state index contributed by atoms with van der Waals surface area (Å²) in [5.74, 6) is 2.17. The molecule has 6 nitrogen and oxygen atoms in total. The van der Waals surface area contributed by atoms with Gasteiger partial charge in [0.25, 0.3) is 0 Å². The van der Waals surface area contributed by atoms with Crippen molar-refractivity contribution in [2.75, 3.05) is 21.3 Å². The summed E-state index contributed by atoms with van der Waals surface area (Å²) >= 11 is 0. The SMILES string of the molecule is COc1cc(OC)c(CNCc2cnc[nH]2)c(OC)c1. The molecule has 0 saturated carbocycles. The van der Waals surface area contributed by atoms with Crippen LogP contribution in [0.3, 0.4) is 0 Å². The van der Waals surface area contributed by atoms with Gasteiger partial charge in [-0.2, -0.15) is 0 Å². The van der Waals surface area contributed by atoms with E-state index in [1.54, 1.807) is 33.9 Å². The van der Waals surface area contributed by atoms with E-state index in [9.17, 15) is 0 Å². The first kappa shape index (κ1) is 14.2. The molecule has 0 aliphatic heterocycles. The second-order valence-corrected chi connectivity index (χ2v) is 4.19. The summed E-state index contributed by atoms with van der Waals surface area (Å²) in [6, 6.07) is 3.69. The van der Waals surface area contributed by atoms with E-state index in [0.29, 0.717) is 18.8 Å². The molecule has 1 heterocycles. The maximum atomic E-state index is 5.40. The van der Waals surface area contributed by atoms with Crippen molar-refractivity contribution >= 4 is 0 Å². The lowest BCUT2D eigenvalue weighted by Gasteiger charge is -2.15. The van der Waals surface area contributed by atoms with Gasteiger partial charge in [0.05, 0.1) is 33.2 Å². The van der Waals surface area contributed by atoms with Crippen LogP contribution in [0, 0.1) is 0 Å². The average molecular weight is 277 g/mol. The van der Waals surface area contributed by atoms with Crippen LogP contribution in [-0.4, -0.2) is 31.3 Å². The molecule has 0 radical (unpaired) electrons. The summed E-state index contributed by atoms with van der Waals surface area (Å²) < 4.78 is 16.0. The minimum absolute atomic E-state index is 0.620. The van der Waals surface area contributed by atoms with Crippen LogP contribution in [0.25, 0.3) is 0 Å². The van der Waals surface area contributed by atoms with E-state index in [4.69, 9.17) is 14.2 Å². The van der Waals surface area contributed by atoms with Gasteiger partial charge in [-0.3, -0.25) is 0 Å². The Hall–Kier alpha value is -2.21. The topological polar surface area (TPSA) is 68.4 Å². The van der Waals surface area contributed by atoms with E-state index in [1.807, 2.05) is 12.1 Å². The normalized spacial score (nSPS) is 10.3. The molecule has 2 N–H and O–H groups in total. The Kier molecular flexibility index (Phi) is 4.84. The Labute approximate surface area is 118 Å². The third-order valence-corrected chi connectivity index (χ3v) is 2.99. The smallest absolute Gasteiger partial charge is 0.130 e. The summed E-state index contributed by atoms with van der Waals surface area (Å²) in [6.45, 7) is 1.31. The van der Waals surface area contributed by atoms with Gasteiger partial charge in [0.15, 0.2) is 0 Å². The van der Waals surface area contributed by atoms with Crippen molar-refractivity contribution in [1.82, 2.24) is 15.3 Å². The Morgan fingerprint density at radius 2 is 1.75 bits per heavy atom. The number of hydrogen-bond donors (Lipinski definition) is 2. The highest BCUT2D eigenvalue weighted by atomic mass is 16.5. The number of aromatic nitrogens is 2. The maximum absolute atomic E-state index is 5.40. The van der Waals surface area contributed by atoms with Gasteiger partial charge in [-0.25, -0.2) is 4.98 Å². The van der Waals surface area contributed by atoms with Crippen LogP contribution in [-0.2, 0) is 13.1 Å². The summed E-state index contributed by atoms with van der Waals surface area (Å²) in [7, 11) is 4.88. The van der Waals surface area contributed by atoms with Gasteiger partial charge in [0.2, 0.25) is 0 Å². The van der Waals surface area contributed by atoms with E-state index in [-0.39, 0.29) is 0 Å². The molecule has 0 aliphatic rings. The van der Waals surface area contributed by atoms with Crippen LogP contribution in [0.5, 0.6) is 17.2 Å². The van der Waals surface area contributed by atoms with E-state index in [0.717, 1.165) is 22.8 Å². The van der Waals surface area contributed by atoms with Gasteiger partial charge < -0.3 is 24.5 Å². The summed E-state index contributed by atoms with van der Waals surface area (Å²) in [5.41, 5.74) is 1.98. The molecule has 2 aromatic rings. The average Bonchev–Trinajstić information content (AvgIpc) is 3.00. The quantitative estimate of drug-likeness (QED) is 0.806. The first-order chi connectivity index (χ1) is 9.78. The van der Waals surface area contributed by atoms with Gasteiger partial charge in [0, 0.05) is 37.1 Å². The lowest BCUT2D eigenvalue weighted by Crippen LogP contribution is -2.14. The van der Waals surface area contributed by atoms with Crippen molar-refractivity contribution in [2.24, 2.45) is 0 Å². The number of aromatic amines is 1. The van der Waals surface area contributed by atoms with E-state index < -0.39 is 0 Å². The fourth-order valence-corrected chi connectivity index (χ4v) is 1.96. The highest BCUT2D eigenvalue weighted by Crippen LogP contribution is 2.33. The number of methoxy groups -OCH3 is 3. The van der Waals surface area contributed by atoms with Crippen LogP contribution in [0.2, 0.25) is 0 Å². The largest absolute Gasteiger partial charge is 0.496 e. The number of benzene rings is 1. The third kappa shape index (κ3) is 3.21. The second kappa shape index (κ2) is 6.81. The molecule has 1 aromatic carbocycles. The molecule has 1 aromatic heterocycles. The molecule has 0 spiro atoms. The molecule has 0 amide bonds. The van der Waals surface area contributed by atoms with Crippen molar-refractivity contribution in [2.45, 2.75) is 13.1 Å². The summed E-state index contributed by atoms with van der Waals surface area (Å²) in [6.07, 6.45) is 3.45. The summed E-state index contributed by atoms with van der Waals surface area (Å²) in [5, 5.41) is 3.32. The van der Waals surface area contributed by atoms with Gasteiger partial charge >= 0.3 is 0 Å². The van der Waals surface area contributed by atoms with Gasteiger partial charge in [-0.15, -0.1) is 0 Å². The second-order valence-electron chi connectivity index (χ2n) is 4.19. The predicted molar refractivity (Wildman–Crippen MR) is 75.2 cm³/mol. The number of rotatable bonds is 7. The van der Waals surface area contributed by atoms with Crippen LogP contribution in [0.1, 0.15) is 11.3 Å². The lowest BCUT2D eigenvalue weighted by molar-refractivity contribution is 0.366. The Morgan fingerprint density at radius 3 is 2.25 bits per heavy atom. The van der Waals surface area contributed by atoms with E-state index >= 15 is 0 Å². The number of ether oxygens (including phenoxy) is 3. The molecule has 2 rings (SSSR count). The fraction of sp³-hybridized carbons (Fsp3) is 0.357. The number of hydrogen-bond acceptors (Lipinski definition) is 5. The molecule has 0 atom stereocenters. The molecule has 0 saturated heterocycles. The fourth-order valence-electron chi connectivity index (χ4n) is 1.96. The molecular weight excluding hydrogens is 258 g/mol. The van der Waals surface area contributed by atoms with Crippen LogP contribution in [0.4, 0.5) is 0 Å². The Balaban J connectivity index is 2.12. The van der Waals surface area contributed by atoms with Crippen molar-refractivity contribution < 1.29 is 14.2 Å². The predicted octanol–water partition coefficient (Wildman–Crippen LogP) is 1.73. The maximum Gasteiger partial charge on any atom is 0.130 e. The molecule has 0 bridgehead atoms. The number of nitrogens with zero attached hydrogens (tertiary/aromatic N) is 1. The highest BCUT2D eigenvalue weighted by Gasteiger charge is 2.12. The van der Waals surface area contributed by atoms with Crippen molar-refractivity contribution in [3.8, 4) is 17.2 Å². The number of H-pyrrole nitrogens is 1. The standard InChI is InChI=1S/C14H19N3O3/c1-18-11-4-13(19-2)12(14(5-11)20-3)8-15-6-10-7-16-9-17-10/h4-5,7,9,15H,6,8H2,1-3H3,(H,16,17). The highest BCUT2D eigenvalue weighted by molar-refractivity contribution is 5.50. The lowest BCUT2D eigenvalue weighted by atomic mass is 10.1. The molecule has 20 heavy (non-hydrogen) atoms. The van der Waals surface area contributed by atoms with Crippen LogP contribution >= 0.6 is 0 Å². The first-order valence-corrected chi connectivity index (χ1v) is 6.25. The molecule has 108 valence electrons. The third-order valence-electron chi connectivity index (χ3n) is 2.99. The first-order valence-electron chi connectivity index (χ1n) is 6.25. The molecule has 0 fully saturated rings. The van der Waals surface area contributed by atoms with Crippen molar-refractivity contribution in [3.63, 3.8) is 0 Å². The Morgan fingerprint density at radius 1 is 1.05 bits per heavy atom.